The Morgan fingerprint density at radius 1 is 1.10 bits per heavy atom. The second kappa shape index (κ2) is 10.6. The summed E-state index contributed by atoms with van der Waals surface area (Å²) < 4.78 is 5.03. The van der Waals surface area contributed by atoms with Crippen molar-refractivity contribution < 1.29 is 14.6 Å². The van der Waals surface area contributed by atoms with Crippen LogP contribution in [-0.4, -0.2) is 35.5 Å². The molecule has 5 nitrogen and oxygen atoms in total. The Morgan fingerprint density at radius 2 is 1.77 bits per heavy atom. The fourth-order valence-electron chi connectivity index (χ4n) is 3.69. The molecule has 0 saturated heterocycles. The molecule has 1 heterocycles. The predicted octanol–water partition coefficient (Wildman–Crippen LogP) is 5.21. The summed E-state index contributed by atoms with van der Waals surface area (Å²) in [5.41, 5.74) is 2.39. The lowest BCUT2D eigenvalue weighted by atomic mass is 10.1. The van der Waals surface area contributed by atoms with E-state index in [1.807, 2.05) is 48.5 Å². The molecule has 0 unspecified atom stereocenters. The zero-order valence-corrected chi connectivity index (χ0v) is 17.8. The number of aliphatic imine (C=N–C) groups is 1. The topological polar surface area (TPSA) is 62.1 Å². The molecular formula is C25H30N2O3. The van der Waals surface area contributed by atoms with Crippen molar-refractivity contribution >= 4 is 11.8 Å². The summed E-state index contributed by atoms with van der Waals surface area (Å²) in [6.07, 6.45) is 3.28. The van der Waals surface area contributed by atoms with Crippen molar-refractivity contribution in [1.82, 2.24) is 4.90 Å². The number of carbonyl (C=O) groups excluding carboxylic acids is 1. The van der Waals surface area contributed by atoms with Crippen LogP contribution < -0.4 is 0 Å². The van der Waals surface area contributed by atoms with E-state index in [2.05, 4.69) is 24.0 Å². The molecule has 0 radical (unpaired) electrons. The van der Waals surface area contributed by atoms with E-state index >= 15 is 0 Å². The van der Waals surface area contributed by atoms with Crippen LogP contribution in [0, 0.1) is 0 Å². The second-order valence-corrected chi connectivity index (χ2v) is 7.52. The van der Waals surface area contributed by atoms with Crippen molar-refractivity contribution in [2.45, 2.75) is 45.2 Å². The number of methoxy groups -OCH3 is 1. The van der Waals surface area contributed by atoms with Gasteiger partial charge in [0.25, 0.3) is 0 Å². The van der Waals surface area contributed by atoms with Crippen LogP contribution in [0.1, 0.15) is 49.8 Å². The van der Waals surface area contributed by atoms with Crippen molar-refractivity contribution in [1.29, 1.82) is 0 Å². The lowest BCUT2D eigenvalue weighted by Crippen LogP contribution is -2.32. The number of benzene rings is 2. The average molecular weight is 407 g/mol. The van der Waals surface area contributed by atoms with E-state index in [0.29, 0.717) is 25.3 Å². The number of nitrogens with zero attached hydrogens (tertiary/aromatic N) is 2. The maximum absolute atomic E-state index is 12.7. The first-order valence-corrected chi connectivity index (χ1v) is 10.6. The molecule has 30 heavy (non-hydrogen) atoms. The number of amidine groups is 1. The van der Waals surface area contributed by atoms with Gasteiger partial charge in [0, 0.05) is 19.5 Å². The third-order valence-corrected chi connectivity index (χ3v) is 5.29. The molecule has 1 atom stereocenters. The Bertz CT molecular complexity index is 891. The highest BCUT2D eigenvalue weighted by Gasteiger charge is 2.33. The number of unbranched alkanes of at least 4 members (excludes halogenated alkanes) is 2. The molecule has 2 aromatic rings. The molecule has 158 valence electrons. The first kappa shape index (κ1) is 21.6. The van der Waals surface area contributed by atoms with E-state index in [1.165, 1.54) is 7.11 Å². The maximum Gasteiger partial charge on any atom is 0.345 e. The normalized spacial score (nSPS) is 16.8. The van der Waals surface area contributed by atoms with E-state index < -0.39 is 5.97 Å². The standard InChI is InChI=1S/C25H30N2O3/c1-3-4-7-16-22(28)23(25(29)30-2)24-26-21(20-14-10-6-11-15-20)18-27(24)17-19-12-8-5-9-13-19/h5-6,8-15,21,28H,3-4,7,16-18H2,1-2H3/b23-22+/t21-/m0/s1. The van der Waals surface area contributed by atoms with Crippen LogP contribution in [0.3, 0.4) is 0 Å². The molecule has 0 aliphatic carbocycles. The van der Waals surface area contributed by atoms with Crippen LogP contribution in [0.15, 0.2) is 77.0 Å². The van der Waals surface area contributed by atoms with Gasteiger partial charge in [-0.05, 0) is 17.5 Å². The smallest absolute Gasteiger partial charge is 0.345 e. The summed E-state index contributed by atoms with van der Waals surface area (Å²) >= 11 is 0. The minimum Gasteiger partial charge on any atom is -0.511 e. The van der Waals surface area contributed by atoms with Crippen LogP contribution in [0.25, 0.3) is 0 Å². The second-order valence-electron chi connectivity index (χ2n) is 7.52. The molecule has 0 aromatic heterocycles. The highest BCUT2D eigenvalue weighted by atomic mass is 16.5. The van der Waals surface area contributed by atoms with Gasteiger partial charge in [-0.3, -0.25) is 4.99 Å². The minimum atomic E-state index is -0.547. The third-order valence-electron chi connectivity index (χ3n) is 5.29. The van der Waals surface area contributed by atoms with Gasteiger partial charge in [0.1, 0.15) is 17.2 Å². The molecular weight excluding hydrogens is 376 g/mol. The van der Waals surface area contributed by atoms with E-state index in [9.17, 15) is 9.90 Å². The first-order valence-electron chi connectivity index (χ1n) is 10.6. The Balaban J connectivity index is 1.98. The van der Waals surface area contributed by atoms with Crippen molar-refractivity contribution in [3.63, 3.8) is 0 Å². The van der Waals surface area contributed by atoms with Gasteiger partial charge in [-0.25, -0.2) is 4.79 Å². The van der Waals surface area contributed by atoms with Gasteiger partial charge in [-0.1, -0.05) is 80.4 Å². The van der Waals surface area contributed by atoms with E-state index in [0.717, 1.165) is 30.4 Å². The van der Waals surface area contributed by atoms with Crippen molar-refractivity contribution in [2.24, 2.45) is 4.99 Å². The van der Waals surface area contributed by atoms with E-state index in [1.54, 1.807) is 0 Å². The Labute approximate surface area is 178 Å². The number of ether oxygens (including phenoxy) is 1. The van der Waals surface area contributed by atoms with E-state index in [-0.39, 0.29) is 17.4 Å². The molecule has 0 saturated carbocycles. The van der Waals surface area contributed by atoms with Gasteiger partial charge in [0.15, 0.2) is 0 Å². The maximum atomic E-state index is 12.7. The van der Waals surface area contributed by atoms with Crippen molar-refractivity contribution in [3.8, 4) is 0 Å². The summed E-state index contributed by atoms with van der Waals surface area (Å²) in [6, 6.07) is 20.0. The van der Waals surface area contributed by atoms with Crippen molar-refractivity contribution in [2.75, 3.05) is 13.7 Å². The van der Waals surface area contributed by atoms with E-state index in [4.69, 9.17) is 9.73 Å². The molecule has 0 fully saturated rings. The molecule has 0 spiro atoms. The van der Waals surface area contributed by atoms with Gasteiger partial charge in [0.05, 0.1) is 13.2 Å². The summed E-state index contributed by atoms with van der Waals surface area (Å²) in [5.74, 6) is 0.0175. The van der Waals surface area contributed by atoms with Gasteiger partial charge in [-0.15, -0.1) is 0 Å². The fourth-order valence-corrected chi connectivity index (χ4v) is 3.69. The number of hydrogen-bond donors (Lipinski definition) is 1. The Hall–Kier alpha value is -3.08. The fraction of sp³-hybridized carbons (Fsp3) is 0.360. The summed E-state index contributed by atoms with van der Waals surface area (Å²) in [7, 11) is 1.34. The molecule has 1 aliphatic rings. The molecule has 0 bridgehead atoms. The first-order chi connectivity index (χ1) is 14.6. The van der Waals surface area contributed by atoms with Crippen LogP contribution in [0.2, 0.25) is 0 Å². The summed E-state index contributed by atoms with van der Waals surface area (Å²) in [4.78, 5) is 19.6. The van der Waals surface area contributed by atoms with Crippen molar-refractivity contribution in [3.05, 3.63) is 83.1 Å². The number of rotatable bonds is 9. The van der Waals surface area contributed by atoms with Crippen LogP contribution in [0.4, 0.5) is 0 Å². The largest absolute Gasteiger partial charge is 0.511 e. The summed E-state index contributed by atoms with van der Waals surface area (Å²) in [5, 5.41) is 10.8. The Morgan fingerprint density at radius 3 is 2.40 bits per heavy atom. The monoisotopic (exact) mass is 406 g/mol. The molecule has 3 rings (SSSR count). The highest BCUT2D eigenvalue weighted by Crippen LogP contribution is 2.30. The minimum absolute atomic E-state index is 0.0563. The molecule has 1 N–H and O–H groups in total. The van der Waals surface area contributed by atoms with Gasteiger partial charge in [0.2, 0.25) is 0 Å². The van der Waals surface area contributed by atoms with Gasteiger partial charge < -0.3 is 14.7 Å². The van der Waals surface area contributed by atoms with Gasteiger partial charge in [-0.2, -0.15) is 0 Å². The predicted molar refractivity (Wildman–Crippen MR) is 119 cm³/mol. The molecule has 0 amide bonds. The lowest BCUT2D eigenvalue weighted by molar-refractivity contribution is -0.135. The molecule has 1 aliphatic heterocycles. The SMILES string of the molecule is CCCCC/C(O)=C(\C(=O)OC)C1=N[C@H](c2ccccc2)CN1Cc1ccccc1. The molecule has 2 aromatic carbocycles. The molecule has 5 heteroatoms. The summed E-state index contributed by atoms with van der Waals surface area (Å²) in [6.45, 7) is 3.35. The number of hydrogen-bond acceptors (Lipinski definition) is 5. The number of allylic oxidation sites excluding steroid dienone is 1. The van der Waals surface area contributed by atoms with Crippen LogP contribution in [0.5, 0.6) is 0 Å². The lowest BCUT2D eigenvalue weighted by Gasteiger charge is -2.22. The average Bonchev–Trinajstić information content (AvgIpc) is 3.18. The number of esters is 1. The van der Waals surface area contributed by atoms with Gasteiger partial charge >= 0.3 is 5.97 Å². The number of carbonyl (C=O) groups is 1. The van der Waals surface area contributed by atoms with Crippen LogP contribution >= 0.6 is 0 Å². The zero-order chi connectivity index (χ0) is 21.3. The highest BCUT2D eigenvalue weighted by molar-refractivity contribution is 6.19. The van der Waals surface area contributed by atoms with Crippen LogP contribution in [-0.2, 0) is 16.1 Å². The number of aliphatic hydroxyl groups excluding tert-OH is 1. The number of aliphatic hydroxyl groups is 1. The zero-order valence-electron chi connectivity index (χ0n) is 17.8. The Kier molecular flexibility index (Phi) is 7.66. The quantitative estimate of drug-likeness (QED) is 0.269. The third kappa shape index (κ3) is 5.29.